The Hall–Kier alpha value is -2.04. The highest BCUT2D eigenvalue weighted by Gasteiger charge is 2.17. The fourth-order valence-electron chi connectivity index (χ4n) is 2.51. The van der Waals surface area contributed by atoms with E-state index in [-0.39, 0.29) is 11.7 Å². The summed E-state index contributed by atoms with van der Waals surface area (Å²) in [5.41, 5.74) is 2.48. The predicted molar refractivity (Wildman–Crippen MR) is 118 cm³/mol. The molecule has 0 atom stereocenters. The van der Waals surface area contributed by atoms with Gasteiger partial charge in [0.1, 0.15) is 5.75 Å². The molecule has 0 aliphatic heterocycles. The monoisotopic (exact) mass is 525 g/mol. The second kappa shape index (κ2) is 8.97. The first-order chi connectivity index (χ1) is 13.4. The van der Waals surface area contributed by atoms with E-state index in [0.717, 1.165) is 20.1 Å². The molecule has 2 aromatic carbocycles. The van der Waals surface area contributed by atoms with E-state index in [1.165, 1.54) is 16.4 Å². The third-order valence-corrected chi connectivity index (χ3v) is 5.99. The van der Waals surface area contributed by atoms with Gasteiger partial charge in [-0.25, -0.2) is 4.68 Å². The Labute approximate surface area is 183 Å². The number of carbonyl (C=O) groups is 1. The first-order valence-corrected chi connectivity index (χ1v) is 10.7. The lowest BCUT2D eigenvalue weighted by Gasteiger charge is -2.11. The summed E-state index contributed by atoms with van der Waals surface area (Å²) in [6.07, 6.45) is 0. The van der Waals surface area contributed by atoms with Crippen molar-refractivity contribution in [1.82, 2.24) is 14.9 Å². The number of amides is 1. The summed E-state index contributed by atoms with van der Waals surface area (Å²) >= 11 is 8.13. The zero-order chi connectivity index (χ0) is 20.3. The fraction of sp³-hybridized carbons (Fsp3) is 0.167. The van der Waals surface area contributed by atoms with Gasteiger partial charge in [-0.3, -0.25) is 4.79 Å². The maximum atomic E-state index is 12.4. The van der Waals surface area contributed by atoms with Crippen LogP contribution in [0.2, 0.25) is 0 Å². The number of ether oxygens (including phenoxy) is 1. The van der Waals surface area contributed by atoms with Crippen LogP contribution in [0.15, 0.2) is 50.5 Å². The second-order valence-corrected chi connectivity index (χ2v) is 8.47. The average Bonchev–Trinajstić information content (AvgIpc) is 3.03. The van der Waals surface area contributed by atoms with Crippen LogP contribution in [0.1, 0.15) is 5.56 Å². The summed E-state index contributed by atoms with van der Waals surface area (Å²) in [6, 6.07) is 11.3. The molecule has 3 rings (SSSR count). The van der Waals surface area contributed by atoms with Crippen LogP contribution in [-0.4, -0.2) is 33.6 Å². The molecule has 3 N–H and O–H groups in total. The highest BCUT2D eigenvalue weighted by atomic mass is 79.9. The Bertz CT molecular complexity index is 1000. The van der Waals surface area contributed by atoms with Gasteiger partial charge in [0, 0.05) is 8.95 Å². The second-order valence-electron chi connectivity index (χ2n) is 5.82. The molecule has 28 heavy (non-hydrogen) atoms. The number of hydrogen-bond donors (Lipinski definition) is 2. The number of rotatable bonds is 6. The molecule has 0 spiro atoms. The molecule has 3 aromatic rings. The number of benzene rings is 2. The van der Waals surface area contributed by atoms with Gasteiger partial charge >= 0.3 is 0 Å². The van der Waals surface area contributed by atoms with Crippen LogP contribution in [0.4, 0.5) is 5.69 Å². The van der Waals surface area contributed by atoms with Crippen molar-refractivity contribution in [3.63, 3.8) is 0 Å². The first-order valence-electron chi connectivity index (χ1n) is 8.13. The maximum absolute atomic E-state index is 12.4. The molecule has 0 radical (unpaired) electrons. The van der Waals surface area contributed by atoms with Crippen molar-refractivity contribution in [2.24, 2.45) is 0 Å². The van der Waals surface area contributed by atoms with E-state index in [9.17, 15) is 4.79 Å². The lowest BCUT2D eigenvalue weighted by atomic mass is 10.2. The quantitative estimate of drug-likeness (QED) is 0.368. The minimum absolute atomic E-state index is 0.133. The lowest BCUT2D eigenvalue weighted by Crippen LogP contribution is -2.17. The van der Waals surface area contributed by atoms with Crippen LogP contribution in [-0.2, 0) is 4.79 Å². The number of hydrogen-bond acceptors (Lipinski definition) is 6. The number of nitrogens with zero attached hydrogens (tertiary/aromatic N) is 3. The molecule has 1 aromatic heterocycles. The van der Waals surface area contributed by atoms with Crippen molar-refractivity contribution in [1.29, 1.82) is 0 Å². The number of carbonyl (C=O) groups excluding carboxylic acids is 1. The van der Waals surface area contributed by atoms with Gasteiger partial charge in [0.25, 0.3) is 0 Å². The molecular weight excluding hydrogens is 510 g/mol. The van der Waals surface area contributed by atoms with Crippen molar-refractivity contribution in [3.05, 3.63) is 50.9 Å². The molecule has 0 aliphatic rings. The van der Waals surface area contributed by atoms with E-state index in [4.69, 9.17) is 10.6 Å². The smallest absolute Gasteiger partial charge is 0.234 e. The van der Waals surface area contributed by atoms with E-state index >= 15 is 0 Å². The molecule has 0 bridgehead atoms. The van der Waals surface area contributed by atoms with Gasteiger partial charge in [0.15, 0.2) is 5.82 Å². The minimum atomic E-state index is -0.183. The normalized spacial score (nSPS) is 10.7. The SMILES string of the molecule is COc1ccccc1-c1nnc(SCC(=O)Nc2c(Br)cc(C)cc2Br)n1N. The van der Waals surface area contributed by atoms with Crippen molar-refractivity contribution in [3.8, 4) is 17.1 Å². The largest absolute Gasteiger partial charge is 0.496 e. The number of methoxy groups -OCH3 is 1. The summed E-state index contributed by atoms with van der Waals surface area (Å²) in [4.78, 5) is 12.4. The lowest BCUT2D eigenvalue weighted by molar-refractivity contribution is -0.113. The number of thioether (sulfide) groups is 1. The van der Waals surface area contributed by atoms with Gasteiger partial charge in [-0.15, -0.1) is 10.2 Å². The third-order valence-electron chi connectivity index (χ3n) is 3.80. The number of para-hydroxylation sites is 1. The van der Waals surface area contributed by atoms with Crippen molar-refractivity contribution >= 4 is 55.2 Å². The molecule has 0 aliphatic carbocycles. The number of halogens is 2. The summed E-state index contributed by atoms with van der Waals surface area (Å²) in [5, 5.41) is 11.5. The summed E-state index contributed by atoms with van der Waals surface area (Å²) < 4.78 is 8.31. The van der Waals surface area contributed by atoms with Crippen molar-refractivity contribution in [2.75, 3.05) is 24.0 Å². The summed E-state index contributed by atoms with van der Waals surface area (Å²) in [7, 11) is 1.58. The Balaban J connectivity index is 1.71. The van der Waals surface area contributed by atoms with E-state index in [0.29, 0.717) is 22.4 Å². The van der Waals surface area contributed by atoms with Gasteiger partial charge in [-0.1, -0.05) is 23.9 Å². The molecule has 1 amide bonds. The molecule has 0 fully saturated rings. The molecule has 0 saturated carbocycles. The number of aromatic nitrogens is 3. The topological polar surface area (TPSA) is 95.1 Å². The molecule has 7 nitrogen and oxygen atoms in total. The standard InChI is InChI=1S/C18H17Br2N5O2S/c1-10-7-12(19)16(13(20)8-10)22-15(26)9-28-18-24-23-17(25(18)21)11-5-3-4-6-14(11)27-2/h3-8H,9,21H2,1-2H3,(H,22,26). The summed E-state index contributed by atoms with van der Waals surface area (Å²) in [6.45, 7) is 1.98. The van der Waals surface area contributed by atoms with E-state index in [2.05, 4.69) is 47.4 Å². The molecule has 1 heterocycles. The molecular formula is C18H17Br2N5O2S. The number of nitrogens with one attached hydrogen (secondary N) is 1. The average molecular weight is 527 g/mol. The van der Waals surface area contributed by atoms with Crippen LogP contribution < -0.4 is 15.9 Å². The molecule has 0 saturated heterocycles. The highest BCUT2D eigenvalue weighted by Crippen LogP contribution is 2.33. The zero-order valence-electron chi connectivity index (χ0n) is 15.1. The van der Waals surface area contributed by atoms with Crippen molar-refractivity contribution in [2.45, 2.75) is 12.1 Å². The van der Waals surface area contributed by atoms with E-state index in [1.54, 1.807) is 7.11 Å². The Kier molecular flexibility index (Phi) is 6.63. The van der Waals surface area contributed by atoms with Crippen LogP contribution >= 0.6 is 43.6 Å². The Morgan fingerprint density at radius 1 is 1.25 bits per heavy atom. The summed E-state index contributed by atoms with van der Waals surface area (Å²) in [5.74, 6) is 7.19. The first kappa shape index (κ1) is 20.7. The van der Waals surface area contributed by atoms with Gasteiger partial charge < -0.3 is 15.9 Å². The molecule has 0 unspecified atom stereocenters. The van der Waals surface area contributed by atoms with E-state index < -0.39 is 0 Å². The number of nitrogens with two attached hydrogens (primary N) is 1. The van der Waals surface area contributed by atoms with E-state index in [1.807, 2.05) is 43.3 Å². The van der Waals surface area contributed by atoms with Crippen LogP contribution in [0.25, 0.3) is 11.4 Å². The zero-order valence-corrected chi connectivity index (χ0v) is 19.1. The van der Waals surface area contributed by atoms with Crippen LogP contribution in [0, 0.1) is 6.92 Å². The van der Waals surface area contributed by atoms with Gasteiger partial charge in [0.05, 0.1) is 24.1 Å². The number of aryl methyl sites for hydroxylation is 1. The van der Waals surface area contributed by atoms with Crippen LogP contribution in [0.3, 0.4) is 0 Å². The third kappa shape index (κ3) is 4.50. The molecule has 146 valence electrons. The van der Waals surface area contributed by atoms with Crippen LogP contribution in [0.5, 0.6) is 5.75 Å². The van der Waals surface area contributed by atoms with Gasteiger partial charge in [-0.2, -0.15) is 0 Å². The van der Waals surface area contributed by atoms with Gasteiger partial charge in [-0.05, 0) is 68.6 Å². The minimum Gasteiger partial charge on any atom is -0.496 e. The van der Waals surface area contributed by atoms with Gasteiger partial charge in [0.2, 0.25) is 11.1 Å². The van der Waals surface area contributed by atoms with Crippen molar-refractivity contribution < 1.29 is 9.53 Å². The Morgan fingerprint density at radius 2 is 1.93 bits per heavy atom. The predicted octanol–water partition coefficient (Wildman–Crippen LogP) is 4.23. The molecule has 10 heteroatoms. The number of nitrogen functional groups attached to an aromatic ring is 1. The fourth-order valence-corrected chi connectivity index (χ4v) is 4.78. The number of anilines is 1. The highest BCUT2D eigenvalue weighted by molar-refractivity contribution is 9.11. The maximum Gasteiger partial charge on any atom is 0.234 e. The Morgan fingerprint density at radius 3 is 2.61 bits per heavy atom.